The SMILES string of the molecule is Oc1ccc2ccccc2c1C(Nc1nc2c(Cl)cccc2s1)c1cccc(Cl)c1. The average Bonchev–Trinajstić information content (AvgIpc) is 3.17. The topological polar surface area (TPSA) is 45.1 Å². The molecule has 0 aliphatic carbocycles. The van der Waals surface area contributed by atoms with Gasteiger partial charge in [0, 0.05) is 10.6 Å². The van der Waals surface area contributed by atoms with Crippen molar-refractivity contribution in [2.45, 2.75) is 6.04 Å². The number of benzene rings is 4. The second-order valence-corrected chi connectivity index (χ2v) is 8.83. The van der Waals surface area contributed by atoms with Gasteiger partial charge in [0.25, 0.3) is 0 Å². The number of anilines is 1. The van der Waals surface area contributed by atoms with E-state index in [-0.39, 0.29) is 11.8 Å². The number of phenols is 1. The minimum Gasteiger partial charge on any atom is -0.508 e. The lowest BCUT2D eigenvalue weighted by atomic mass is 9.93. The molecule has 3 nitrogen and oxygen atoms in total. The van der Waals surface area contributed by atoms with Crippen LogP contribution < -0.4 is 5.32 Å². The molecule has 0 radical (unpaired) electrons. The molecule has 0 bridgehead atoms. The summed E-state index contributed by atoms with van der Waals surface area (Å²) in [6.07, 6.45) is 0. The van der Waals surface area contributed by atoms with E-state index >= 15 is 0 Å². The smallest absolute Gasteiger partial charge is 0.184 e. The van der Waals surface area contributed by atoms with Crippen LogP contribution in [0.15, 0.2) is 78.9 Å². The Kier molecular flexibility index (Phi) is 4.99. The number of halogens is 2. The summed E-state index contributed by atoms with van der Waals surface area (Å²) < 4.78 is 0.997. The minimum absolute atomic E-state index is 0.213. The first-order chi connectivity index (χ1) is 14.6. The number of rotatable bonds is 4. The second-order valence-electron chi connectivity index (χ2n) is 6.96. The zero-order chi connectivity index (χ0) is 20.7. The van der Waals surface area contributed by atoms with Gasteiger partial charge in [0.05, 0.1) is 15.8 Å². The molecule has 1 unspecified atom stereocenters. The lowest BCUT2D eigenvalue weighted by molar-refractivity contribution is 0.468. The number of fused-ring (bicyclic) bond motifs is 2. The van der Waals surface area contributed by atoms with E-state index in [9.17, 15) is 5.11 Å². The van der Waals surface area contributed by atoms with E-state index < -0.39 is 0 Å². The van der Waals surface area contributed by atoms with E-state index in [0.717, 1.165) is 37.2 Å². The highest BCUT2D eigenvalue weighted by Gasteiger charge is 2.22. The number of hydrogen-bond donors (Lipinski definition) is 2. The number of aromatic nitrogens is 1. The number of para-hydroxylation sites is 1. The predicted molar refractivity (Wildman–Crippen MR) is 127 cm³/mol. The number of hydrogen-bond acceptors (Lipinski definition) is 4. The first kappa shape index (κ1) is 19.2. The van der Waals surface area contributed by atoms with Gasteiger partial charge in [0.1, 0.15) is 11.3 Å². The summed E-state index contributed by atoms with van der Waals surface area (Å²) in [5.41, 5.74) is 2.47. The van der Waals surface area contributed by atoms with Crippen molar-refractivity contribution in [3.8, 4) is 5.75 Å². The Balaban J connectivity index is 1.70. The molecule has 30 heavy (non-hydrogen) atoms. The third kappa shape index (κ3) is 3.47. The van der Waals surface area contributed by atoms with Gasteiger partial charge in [-0.05, 0) is 46.7 Å². The highest BCUT2D eigenvalue weighted by atomic mass is 35.5. The van der Waals surface area contributed by atoms with Crippen molar-refractivity contribution in [2.24, 2.45) is 0 Å². The van der Waals surface area contributed by atoms with Crippen LogP contribution in [-0.4, -0.2) is 10.1 Å². The fourth-order valence-corrected chi connectivity index (χ4v) is 5.09. The molecule has 148 valence electrons. The maximum Gasteiger partial charge on any atom is 0.184 e. The van der Waals surface area contributed by atoms with E-state index in [4.69, 9.17) is 28.2 Å². The van der Waals surface area contributed by atoms with Crippen molar-refractivity contribution in [2.75, 3.05) is 5.32 Å². The summed E-state index contributed by atoms with van der Waals surface area (Å²) in [4.78, 5) is 4.70. The average molecular weight is 451 g/mol. The minimum atomic E-state index is -0.353. The van der Waals surface area contributed by atoms with Crippen LogP contribution in [0.1, 0.15) is 17.2 Å². The van der Waals surface area contributed by atoms with Crippen molar-refractivity contribution in [3.05, 3.63) is 100 Å². The van der Waals surface area contributed by atoms with Crippen LogP contribution in [0, 0.1) is 0 Å². The second kappa shape index (κ2) is 7.80. The Morgan fingerprint density at radius 1 is 0.900 bits per heavy atom. The summed E-state index contributed by atoms with van der Waals surface area (Å²) in [7, 11) is 0. The third-order valence-corrected chi connectivity index (χ3v) is 6.55. The highest BCUT2D eigenvalue weighted by Crippen LogP contribution is 2.40. The molecule has 4 aromatic carbocycles. The molecule has 1 heterocycles. The highest BCUT2D eigenvalue weighted by molar-refractivity contribution is 7.22. The molecule has 0 amide bonds. The molecule has 5 aromatic rings. The molecular formula is C24H16Cl2N2OS. The van der Waals surface area contributed by atoms with Gasteiger partial charge < -0.3 is 10.4 Å². The largest absolute Gasteiger partial charge is 0.508 e. The maximum absolute atomic E-state index is 10.9. The van der Waals surface area contributed by atoms with E-state index in [1.165, 1.54) is 11.3 Å². The fourth-order valence-electron chi connectivity index (χ4n) is 3.70. The van der Waals surface area contributed by atoms with E-state index in [1.807, 2.05) is 72.8 Å². The molecule has 1 aromatic heterocycles. The maximum atomic E-state index is 10.9. The molecule has 0 saturated heterocycles. The lowest BCUT2D eigenvalue weighted by Gasteiger charge is -2.22. The monoisotopic (exact) mass is 450 g/mol. The zero-order valence-corrected chi connectivity index (χ0v) is 18.0. The fraction of sp³-hybridized carbons (Fsp3) is 0.0417. The molecule has 1 atom stereocenters. The van der Waals surface area contributed by atoms with Gasteiger partial charge in [-0.15, -0.1) is 0 Å². The van der Waals surface area contributed by atoms with Crippen LogP contribution in [0.5, 0.6) is 5.75 Å². The van der Waals surface area contributed by atoms with Gasteiger partial charge in [0.15, 0.2) is 5.13 Å². The molecule has 0 spiro atoms. The van der Waals surface area contributed by atoms with Crippen LogP contribution >= 0.6 is 34.5 Å². The molecule has 0 fully saturated rings. The van der Waals surface area contributed by atoms with Crippen molar-refractivity contribution < 1.29 is 5.11 Å². The van der Waals surface area contributed by atoms with Gasteiger partial charge in [-0.1, -0.05) is 83.1 Å². The van der Waals surface area contributed by atoms with Crippen LogP contribution in [0.3, 0.4) is 0 Å². The van der Waals surface area contributed by atoms with Crippen molar-refractivity contribution in [3.63, 3.8) is 0 Å². The van der Waals surface area contributed by atoms with E-state index in [0.29, 0.717) is 10.0 Å². The summed E-state index contributed by atoms with van der Waals surface area (Å²) in [5, 5.41) is 18.4. The van der Waals surface area contributed by atoms with Crippen LogP contribution in [0.4, 0.5) is 5.13 Å². The molecule has 0 saturated carbocycles. The third-order valence-electron chi connectivity index (χ3n) is 5.06. The van der Waals surface area contributed by atoms with Gasteiger partial charge in [-0.2, -0.15) is 0 Å². The Morgan fingerprint density at radius 3 is 2.57 bits per heavy atom. The molecule has 5 rings (SSSR count). The van der Waals surface area contributed by atoms with Crippen LogP contribution in [-0.2, 0) is 0 Å². The standard InChI is InChI=1S/C24H16Cl2N2OS/c25-16-7-3-6-15(13-16)22(21-17-8-2-1-5-14(17)11-12-19(21)29)27-24-28-23-18(26)9-4-10-20(23)30-24/h1-13,22,29H,(H,27,28). The van der Waals surface area contributed by atoms with Crippen molar-refractivity contribution in [1.82, 2.24) is 4.98 Å². The molecule has 0 aliphatic heterocycles. The Morgan fingerprint density at radius 2 is 1.73 bits per heavy atom. The summed E-state index contributed by atoms with van der Waals surface area (Å²) in [6.45, 7) is 0. The summed E-state index contributed by atoms with van der Waals surface area (Å²) in [6, 6.07) is 24.7. The Hall–Kier alpha value is -2.79. The number of nitrogens with zero attached hydrogens (tertiary/aromatic N) is 1. The summed E-state index contributed by atoms with van der Waals surface area (Å²) >= 11 is 14.1. The van der Waals surface area contributed by atoms with Crippen molar-refractivity contribution >= 4 is 60.7 Å². The van der Waals surface area contributed by atoms with Gasteiger partial charge in [-0.3, -0.25) is 0 Å². The normalized spacial score (nSPS) is 12.3. The first-order valence-electron chi connectivity index (χ1n) is 9.38. The van der Waals surface area contributed by atoms with E-state index in [1.54, 1.807) is 6.07 Å². The molecule has 2 N–H and O–H groups in total. The number of nitrogens with one attached hydrogen (secondary N) is 1. The number of aromatic hydroxyl groups is 1. The molecule has 6 heteroatoms. The predicted octanol–water partition coefficient (Wildman–Crippen LogP) is 7.66. The van der Waals surface area contributed by atoms with Crippen LogP contribution in [0.2, 0.25) is 10.0 Å². The molecular weight excluding hydrogens is 435 g/mol. The number of phenolic OH excluding ortho intramolecular Hbond substituents is 1. The summed E-state index contributed by atoms with van der Waals surface area (Å²) in [5.74, 6) is 0.213. The first-order valence-corrected chi connectivity index (χ1v) is 10.9. The van der Waals surface area contributed by atoms with E-state index in [2.05, 4.69) is 5.32 Å². The Bertz CT molecular complexity index is 1380. The van der Waals surface area contributed by atoms with Gasteiger partial charge in [0.2, 0.25) is 0 Å². The van der Waals surface area contributed by atoms with Crippen LogP contribution in [0.25, 0.3) is 21.0 Å². The van der Waals surface area contributed by atoms with Gasteiger partial charge in [-0.25, -0.2) is 4.98 Å². The Labute approximate surface area is 187 Å². The number of thiazole rings is 1. The quantitative estimate of drug-likeness (QED) is 0.295. The van der Waals surface area contributed by atoms with Crippen molar-refractivity contribution in [1.29, 1.82) is 0 Å². The van der Waals surface area contributed by atoms with Gasteiger partial charge >= 0.3 is 0 Å². The molecule has 0 aliphatic rings. The lowest BCUT2D eigenvalue weighted by Crippen LogP contribution is -2.13. The zero-order valence-electron chi connectivity index (χ0n) is 15.6.